The number of nitrogens with one attached hydrogen (secondary N) is 1. The summed E-state index contributed by atoms with van der Waals surface area (Å²) >= 11 is 0. The molecule has 0 spiro atoms. The summed E-state index contributed by atoms with van der Waals surface area (Å²) in [5.41, 5.74) is 7.19. The van der Waals surface area contributed by atoms with E-state index in [2.05, 4.69) is 5.32 Å². The fraction of sp³-hybridized carbons (Fsp3) is 0.480. The first-order valence-corrected chi connectivity index (χ1v) is 15.5. The van der Waals surface area contributed by atoms with Crippen LogP contribution in [0.3, 0.4) is 0 Å². The highest BCUT2D eigenvalue weighted by atomic mass is 32.2. The predicted molar refractivity (Wildman–Crippen MR) is 146 cm³/mol. The zero-order valence-electron chi connectivity index (χ0n) is 22.1. The topological polar surface area (TPSA) is 178 Å². The number of phosphoric acid groups is 1. The summed E-state index contributed by atoms with van der Waals surface area (Å²) in [4.78, 5) is 31.2. The van der Waals surface area contributed by atoms with Crippen molar-refractivity contribution in [3.63, 3.8) is 0 Å². The molecule has 1 amide bonds. The van der Waals surface area contributed by atoms with Crippen molar-refractivity contribution >= 4 is 35.3 Å². The minimum atomic E-state index is -4.89. The van der Waals surface area contributed by atoms with E-state index < -0.39 is 36.1 Å². The molecule has 2 aromatic rings. The standard InChI is InChI=1S/C25H36N3O9PS/c1-17(2)15-28(39(33,34)23-10-6-20(26)7-11-23)21-8-4-19(5-9-21)14-24(37-38(30,31)32)18(3)27-25(29)36-22-12-13-35-16-22/h4-11,17-18,22,24H,12-16,26H2,1-3H3,(H,27,29)(H2,30,31,32)/t18-,22-,24-/m0/s1. The first-order valence-electron chi connectivity index (χ1n) is 12.5. The summed E-state index contributed by atoms with van der Waals surface area (Å²) in [6.45, 7) is 6.36. The van der Waals surface area contributed by atoms with E-state index in [1.165, 1.54) is 28.6 Å². The highest BCUT2D eigenvalue weighted by molar-refractivity contribution is 7.92. The lowest BCUT2D eigenvalue weighted by molar-refractivity contribution is 0.0683. The molecule has 1 aliphatic rings. The van der Waals surface area contributed by atoms with Crippen LogP contribution in [0.4, 0.5) is 16.2 Å². The van der Waals surface area contributed by atoms with Gasteiger partial charge >= 0.3 is 13.9 Å². The van der Waals surface area contributed by atoms with Crippen LogP contribution in [-0.2, 0) is 35.0 Å². The number of hydrogen-bond acceptors (Lipinski definition) is 8. The lowest BCUT2D eigenvalue weighted by Crippen LogP contribution is -2.44. The van der Waals surface area contributed by atoms with Gasteiger partial charge in [-0.3, -0.25) is 8.83 Å². The molecule has 12 nitrogen and oxygen atoms in total. The quantitative estimate of drug-likeness (QED) is 0.214. The predicted octanol–water partition coefficient (Wildman–Crippen LogP) is 3.04. The van der Waals surface area contributed by atoms with Crippen LogP contribution in [0.5, 0.6) is 0 Å². The molecule has 1 heterocycles. The Morgan fingerprint density at radius 2 is 1.79 bits per heavy atom. The zero-order chi connectivity index (χ0) is 28.8. The van der Waals surface area contributed by atoms with E-state index in [-0.39, 0.29) is 29.9 Å². The molecule has 0 radical (unpaired) electrons. The fourth-order valence-electron chi connectivity index (χ4n) is 4.02. The first kappa shape index (κ1) is 30.9. The maximum Gasteiger partial charge on any atom is 0.469 e. The number of amides is 1. The van der Waals surface area contributed by atoms with Crippen molar-refractivity contribution in [3.8, 4) is 0 Å². The highest BCUT2D eigenvalue weighted by Gasteiger charge is 2.30. The molecule has 2 aromatic carbocycles. The van der Waals surface area contributed by atoms with E-state index in [4.69, 9.17) is 19.7 Å². The molecule has 0 unspecified atom stereocenters. The number of benzene rings is 2. The lowest BCUT2D eigenvalue weighted by atomic mass is 10.0. The van der Waals surface area contributed by atoms with E-state index in [9.17, 15) is 27.6 Å². The number of alkyl carbamates (subject to hydrolysis) is 1. The maximum atomic E-state index is 13.4. The maximum absolute atomic E-state index is 13.4. The number of rotatable bonds is 12. The number of carbonyl (C=O) groups is 1. The van der Waals surface area contributed by atoms with E-state index >= 15 is 0 Å². The van der Waals surface area contributed by atoms with E-state index in [1.807, 2.05) is 13.8 Å². The van der Waals surface area contributed by atoms with Gasteiger partial charge in [0.2, 0.25) is 0 Å². The van der Waals surface area contributed by atoms with E-state index in [0.717, 1.165) is 0 Å². The molecule has 5 N–H and O–H groups in total. The summed E-state index contributed by atoms with van der Waals surface area (Å²) in [5.74, 6) is 0.0248. The molecule has 3 atom stereocenters. The fourth-order valence-corrected chi connectivity index (χ4v) is 6.26. The van der Waals surface area contributed by atoms with Gasteiger partial charge in [-0.15, -0.1) is 0 Å². The molecule has 14 heteroatoms. The van der Waals surface area contributed by atoms with Crippen molar-refractivity contribution in [1.29, 1.82) is 0 Å². The van der Waals surface area contributed by atoms with Gasteiger partial charge in [0.25, 0.3) is 10.0 Å². The molecule has 0 aromatic heterocycles. The Labute approximate surface area is 228 Å². The molecule has 39 heavy (non-hydrogen) atoms. The van der Waals surface area contributed by atoms with Crippen LogP contribution >= 0.6 is 7.82 Å². The van der Waals surface area contributed by atoms with Crippen LogP contribution < -0.4 is 15.4 Å². The summed E-state index contributed by atoms with van der Waals surface area (Å²) in [6, 6.07) is 11.7. The number of nitrogens with two attached hydrogens (primary N) is 1. The third-order valence-electron chi connectivity index (χ3n) is 6.00. The Hall–Kier alpha value is -2.67. The average molecular weight is 586 g/mol. The Bertz CT molecular complexity index is 1240. The van der Waals surface area contributed by atoms with Gasteiger partial charge in [0.1, 0.15) is 6.10 Å². The number of anilines is 2. The van der Waals surface area contributed by atoms with Crippen LogP contribution in [0.15, 0.2) is 53.4 Å². The SMILES string of the molecule is CC(C)CN(c1ccc(C[C@H](OP(=O)(O)O)[C@H](C)NC(=O)O[C@H]2CCOC2)cc1)S(=O)(=O)c1ccc(N)cc1. The number of sulfonamides is 1. The Morgan fingerprint density at radius 1 is 1.15 bits per heavy atom. The number of hydrogen-bond donors (Lipinski definition) is 4. The molecule has 0 aliphatic carbocycles. The van der Waals surface area contributed by atoms with Crippen molar-refractivity contribution in [1.82, 2.24) is 5.32 Å². The van der Waals surface area contributed by atoms with Crippen molar-refractivity contribution in [3.05, 3.63) is 54.1 Å². The second kappa shape index (κ2) is 13.1. The van der Waals surface area contributed by atoms with Crippen LogP contribution in [0.25, 0.3) is 0 Å². The summed E-state index contributed by atoms with van der Waals surface area (Å²) in [5, 5.41) is 2.56. The van der Waals surface area contributed by atoms with Gasteiger partial charge < -0.3 is 30.3 Å². The van der Waals surface area contributed by atoms with Gasteiger partial charge in [0.05, 0.1) is 35.9 Å². The Morgan fingerprint density at radius 3 is 2.33 bits per heavy atom. The molecule has 1 fully saturated rings. The van der Waals surface area contributed by atoms with Crippen molar-refractivity contribution < 1.29 is 41.6 Å². The summed E-state index contributed by atoms with van der Waals surface area (Å²) in [6.07, 6.45) is -1.64. The third kappa shape index (κ3) is 9.20. The monoisotopic (exact) mass is 585 g/mol. The van der Waals surface area contributed by atoms with Crippen LogP contribution in [0.1, 0.15) is 32.8 Å². The summed E-state index contributed by atoms with van der Waals surface area (Å²) < 4.78 is 55.2. The molecule has 1 saturated heterocycles. The molecule has 3 rings (SSSR count). The van der Waals surface area contributed by atoms with Gasteiger partial charge in [-0.1, -0.05) is 26.0 Å². The molecule has 0 bridgehead atoms. The molecular formula is C25H36N3O9PS. The second-order valence-corrected chi connectivity index (χ2v) is 12.9. The largest absolute Gasteiger partial charge is 0.469 e. The minimum absolute atomic E-state index is 0.0221. The van der Waals surface area contributed by atoms with E-state index in [0.29, 0.717) is 36.6 Å². The van der Waals surface area contributed by atoms with Gasteiger partial charge in [0, 0.05) is 25.1 Å². The number of phosphoric ester groups is 1. The number of nitrogen functional groups attached to an aromatic ring is 1. The second-order valence-electron chi connectivity index (χ2n) is 9.83. The summed E-state index contributed by atoms with van der Waals surface area (Å²) in [7, 11) is -8.78. The highest BCUT2D eigenvalue weighted by Crippen LogP contribution is 2.39. The number of nitrogens with zero attached hydrogens (tertiary/aromatic N) is 1. The van der Waals surface area contributed by atoms with Crippen molar-refractivity contribution in [2.24, 2.45) is 5.92 Å². The Balaban J connectivity index is 1.78. The molecule has 1 aliphatic heterocycles. The molecule has 0 saturated carbocycles. The lowest BCUT2D eigenvalue weighted by Gasteiger charge is -2.27. The van der Waals surface area contributed by atoms with Crippen LogP contribution in [0.2, 0.25) is 0 Å². The molecular weight excluding hydrogens is 549 g/mol. The minimum Gasteiger partial charge on any atom is -0.444 e. The van der Waals surface area contributed by atoms with Crippen LogP contribution in [-0.4, -0.2) is 62.3 Å². The smallest absolute Gasteiger partial charge is 0.444 e. The van der Waals surface area contributed by atoms with E-state index in [1.54, 1.807) is 31.2 Å². The van der Waals surface area contributed by atoms with Crippen molar-refractivity contribution in [2.75, 3.05) is 29.8 Å². The van der Waals surface area contributed by atoms with Gasteiger partial charge in [-0.05, 0) is 54.8 Å². The zero-order valence-corrected chi connectivity index (χ0v) is 23.8. The van der Waals surface area contributed by atoms with Crippen LogP contribution in [0, 0.1) is 5.92 Å². The molecule has 216 valence electrons. The normalized spacial score (nSPS) is 17.5. The first-order chi connectivity index (χ1) is 18.2. The Kier molecular flexibility index (Phi) is 10.4. The van der Waals surface area contributed by atoms with Gasteiger partial charge in [-0.25, -0.2) is 17.8 Å². The van der Waals surface area contributed by atoms with Gasteiger partial charge in [0.15, 0.2) is 0 Å². The third-order valence-corrected chi connectivity index (χ3v) is 8.35. The average Bonchev–Trinajstić information content (AvgIpc) is 3.35. The van der Waals surface area contributed by atoms with Gasteiger partial charge in [-0.2, -0.15) is 0 Å². The number of ether oxygens (including phenoxy) is 2. The number of carbonyl (C=O) groups excluding carboxylic acids is 1. The van der Waals surface area contributed by atoms with Crippen molar-refractivity contribution in [2.45, 2.75) is 56.8 Å².